The Labute approximate surface area is 115 Å². The molecule has 1 N–H and O–H groups in total. The molecule has 1 aromatic carbocycles. The van der Waals surface area contributed by atoms with Crippen LogP contribution < -0.4 is 10.1 Å². The second-order valence-electron chi connectivity index (χ2n) is 4.96. The number of hydrogen-bond acceptors (Lipinski definition) is 2. The molecule has 1 atom stereocenters. The second-order valence-corrected chi connectivity index (χ2v) is 5.40. The third-order valence-electron chi connectivity index (χ3n) is 3.67. The van der Waals surface area contributed by atoms with E-state index in [9.17, 15) is 0 Å². The molecule has 0 bridgehead atoms. The molecule has 0 aromatic heterocycles. The number of hydrogen-bond donors (Lipinski definition) is 1. The Morgan fingerprint density at radius 2 is 2.11 bits per heavy atom. The molecular formula is C15H22ClNO. The van der Waals surface area contributed by atoms with Gasteiger partial charge < -0.3 is 10.1 Å². The smallest absolute Gasteiger partial charge is 0.125 e. The zero-order valence-electron chi connectivity index (χ0n) is 11.3. The Bertz CT molecular complexity index is 400. The van der Waals surface area contributed by atoms with Crippen molar-refractivity contribution in [3.05, 3.63) is 28.3 Å². The largest absolute Gasteiger partial charge is 0.496 e. The van der Waals surface area contributed by atoms with E-state index in [1.807, 2.05) is 6.07 Å². The van der Waals surface area contributed by atoms with Crippen molar-refractivity contribution in [2.45, 2.75) is 45.1 Å². The lowest BCUT2D eigenvalue weighted by Crippen LogP contribution is -2.35. The molecule has 0 radical (unpaired) electrons. The van der Waals surface area contributed by atoms with E-state index in [1.54, 1.807) is 7.11 Å². The topological polar surface area (TPSA) is 21.3 Å². The quantitative estimate of drug-likeness (QED) is 0.900. The van der Waals surface area contributed by atoms with Crippen molar-refractivity contribution in [1.82, 2.24) is 5.32 Å². The molecule has 2 nitrogen and oxygen atoms in total. The molecule has 1 fully saturated rings. The zero-order valence-corrected chi connectivity index (χ0v) is 12.0. The van der Waals surface area contributed by atoms with Crippen LogP contribution in [0.1, 0.15) is 37.3 Å². The van der Waals surface area contributed by atoms with Gasteiger partial charge in [0.2, 0.25) is 0 Å². The average molecular weight is 268 g/mol. The minimum Gasteiger partial charge on any atom is -0.496 e. The van der Waals surface area contributed by atoms with Gasteiger partial charge in [0, 0.05) is 11.1 Å². The molecule has 0 aliphatic carbocycles. The van der Waals surface area contributed by atoms with Crippen molar-refractivity contribution in [3.63, 3.8) is 0 Å². The number of nitrogens with one attached hydrogen (secondary N) is 1. The summed E-state index contributed by atoms with van der Waals surface area (Å²) in [5.41, 5.74) is 2.44. The van der Waals surface area contributed by atoms with Crippen LogP contribution in [0, 0.1) is 0 Å². The van der Waals surface area contributed by atoms with Gasteiger partial charge in [-0.2, -0.15) is 0 Å². The fourth-order valence-corrected chi connectivity index (χ4v) is 3.02. The normalized spacial score (nSPS) is 19.8. The van der Waals surface area contributed by atoms with Gasteiger partial charge in [-0.05, 0) is 55.5 Å². The summed E-state index contributed by atoms with van der Waals surface area (Å²) in [7, 11) is 1.75. The third kappa shape index (κ3) is 3.18. The number of ether oxygens (including phenoxy) is 1. The molecular weight excluding hydrogens is 246 g/mol. The summed E-state index contributed by atoms with van der Waals surface area (Å²) >= 11 is 6.20. The van der Waals surface area contributed by atoms with E-state index >= 15 is 0 Å². The van der Waals surface area contributed by atoms with Gasteiger partial charge in [-0.25, -0.2) is 0 Å². The molecule has 3 heteroatoms. The summed E-state index contributed by atoms with van der Waals surface area (Å²) in [6.07, 6.45) is 5.83. The van der Waals surface area contributed by atoms with Crippen LogP contribution in [-0.2, 0) is 12.8 Å². The van der Waals surface area contributed by atoms with E-state index in [0.29, 0.717) is 6.04 Å². The summed E-state index contributed by atoms with van der Waals surface area (Å²) in [5.74, 6) is 1.02. The molecule has 0 saturated carbocycles. The standard InChI is InChI=1S/C15H22ClNO/c1-3-11-8-13(16)9-12(15(11)18-2)10-14-6-4-5-7-17-14/h8-9,14,17H,3-7,10H2,1-2H3. The van der Waals surface area contributed by atoms with Gasteiger partial charge >= 0.3 is 0 Å². The maximum absolute atomic E-state index is 6.20. The number of benzene rings is 1. The van der Waals surface area contributed by atoms with Crippen molar-refractivity contribution in [2.24, 2.45) is 0 Å². The summed E-state index contributed by atoms with van der Waals surface area (Å²) in [5, 5.41) is 4.40. The Kier molecular flexibility index (Phi) is 4.90. The van der Waals surface area contributed by atoms with E-state index in [4.69, 9.17) is 16.3 Å². The molecule has 1 saturated heterocycles. The monoisotopic (exact) mass is 267 g/mol. The van der Waals surface area contributed by atoms with Crippen LogP contribution in [0.15, 0.2) is 12.1 Å². The van der Waals surface area contributed by atoms with Crippen LogP contribution in [0.4, 0.5) is 0 Å². The van der Waals surface area contributed by atoms with Gasteiger partial charge in [-0.15, -0.1) is 0 Å². The predicted octanol–water partition coefficient (Wildman–Crippen LogP) is 3.60. The second kappa shape index (κ2) is 6.44. The first kappa shape index (κ1) is 13.7. The highest BCUT2D eigenvalue weighted by Gasteiger charge is 2.17. The van der Waals surface area contributed by atoms with Crippen LogP contribution in [0.25, 0.3) is 0 Å². The van der Waals surface area contributed by atoms with Gasteiger partial charge in [0.05, 0.1) is 7.11 Å². The Hall–Kier alpha value is -0.730. The van der Waals surface area contributed by atoms with Crippen molar-refractivity contribution >= 4 is 11.6 Å². The molecule has 100 valence electrons. The SMILES string of the molecule is CCc1cc(Cl)cc(CC2CCCCN2)c1OC. The first-order valence-corrected chi connectivity index (χ1v) is 7.21. The minimum absolute atomic E-state index is 0.566. The number of rotatable bonds is 4. The van der Waals surface area contributed by atoms with E-state index in [2.05, 4.69) is 18.3 Å². The van der Waals surface area contributed by atoms with E-state index in [1.165, 1.54) is 30.4 Å². The van der Waals surface area contributed by atoms with E-state index in [-0.39, 0.29) is 0 Å². The predicted molar refractivity (Wildman–Crippen MR) is 76.7 cm³/mol. The number of piperidine rings is 1. The molecule has 18 heavy (non-hydrogen) atoms. The molecule has 1 aromatic rings. The molecule has 1 aliphatic heterocycles. The van der Waals surface area contributed by atoms with Crippen molar-refractivity contribution < 1.29 is 4.74 Å². The van der Waals surface area contributed by atoms with Crippen LogP contribution in [-0.4, -0.2) is 19.7 Å². The molecule has 0 amide bonds. The highest BCUT2D eigenvalue weighted by Crippen LogP contribution is 2.30. The summed E-state index contributed by atoms with van der Waals surface area (Å²) in [6, 6.07) is 4.63. The maximum atomic E-state index is 6.20. The molecule has 1 heterocycles. The van der Waals surface area contributed by atoms with Crippen LogP contribution in [0.2, 0.25) is 5.02 Å². The van der Waals surface area contributed by atoms with Gasteiger partial charge in [0.25, 0.3) is 0 Å². The van der Waals surface area contributed by atoms with E-state index < -0.39 is 0 Å². The fraction of sp³-hybridized carbons (Fsp3) is 0.600. The Morgan fingerprint density at radius 3 is 2.72 bits per heavy atom. The molecule has 0 spiro atoms. The highest BCUT2D eigenvalue weighted by molar-refractivity contribution is 6.30. The number of aryl methyl sites for hydroxylation is 1. The van der Waals surface area contributed by atoms with Crippen LogP contribution >= 0.6 is 11.6 Å². The van der Waals surface area contributed by atoms with Gasteiger partial charge in [0.1, 0.15) is 5.75 Å². The molecule has 1 unspecified atom stereocenters. The number of methoxy groups -OCH3 is 1. The van der Waals surface area contributed by atoms with Crippen LogP contribution in [0.3, 0.4) is 0 Å². The highest BCUT2D eigenvalue weighted by atomic mass is 35.5. The summed E-state index contributed by atoms with van der Waals surface area (Å²) in [6.45, 7) is 3.27. The molecule has 1 aliphatic rings. The lowest BCUT2D eigenvalue weighted by molar-refractivity contribution is 0.379. The number of halogens is 1. The first-order valence-electron chi connectivity index (χ1n) is 6.83. The minimum atomic E-state index is 0.566. The fourth-order valence-electron chi connectivity index (χ4n) is 2.75. The Morgan fingerprint density at radius 1 is 1.33 bits per heavy atom. The van der Waals surface area contributed by atoms with Crippen molar-refractivity contribution in [3.8, 4) is 5.75 Å². The van der Waals surface area contributed by atoms with Gasteiger partial charge in [-0.1, -0.05) is 24.9 Å². The Balaban J connectivity index is 2.21. The van der Waals surface area contributed by atoms with E-state index in [0.717, 1.165) is 30.2 Å². The lowest BCUT2D eigenvalue weighted by Gasteiger charge is -2.25. The summed E-state index contributed by atoms with van der Waals surface area (Å²) in [4.78, 5) is 0. The first-order chi connectivity index (χ1) is 8.74. The average Bonchev–Trinajstić information content (AvgIpc) is 2.39. The van der Waals surface area contributed by atoms with Crippen molar-refractivity contribution in [1.29, 1.82) is 0 Å². The third-order valence-corrected chi connectivity index (χ3v) is 3.89. The molecule has 2 rings (SSSR count). The van der Waals surface area contributed by atoms with Crippen LogP contribution in [0.5, 0.6) is 5.75 Å². The van der Waals surface area contributed by atoms with Crippen molar-refractivity contribution in [2.75, 3.05) is 13.7 Å². The lowest BCUT2D eigenvalue weighted by atomic mass is 9.95. The van der Waals surface area contributed by atoms with Gasteiger partial charge in [0.15, 0.2) is 0 Å². The summed E-state index contributed by atoms with van der Waals surface area (Å²) < 4.78 is 5.58. The van der Waals surface area contributed by atoms with Gasteiger partial charge in [-0.3, -0.25) is 0 Å². The zero-order chi connectivity index (χ0) is 13.0. The maximum Gasteiger partial charge on any atom is 0.125 e.